The van der Waals surface area contributed by atoms with E-state index < -0.39 is 0 Å². The van der Waals surface area contributed by atoms with Gasteiger partial charge >= 0.3 is 0 Å². The van der Waals surface area contributed by atoms with E-state index in [-0.39, 0.29) is 59.5 Å². The molecular formula is C21H26ClIN4O2. The van der Waals surface area contributed by atoms with Crippen molar-refractivity contribution >= 4 is 53.4 Å². The van der Waals surface area contributed by atoms with Crippen LogP contribution in [0.25, 0.3) is 0 Å². The molecule has 8 heteroatoms. The molecule has 2 fully saturated rings. The van der Waals surface area contributed by atoms with Crippen molar-refractivity contribution in [1.82, 2.24) is 15.5 Å². The van der Waals surface area contributed by atoms with Crippen LogP contribution < -0.4 is 10.6 Å². The maximum absolute atomic E-state index is 12.7. The van der Waals surface area contributed by atoms with Crippen molar-refractivity contribution in [3.8, 4) is 0 Å². The summed E-state index contributed by atoms with van der Waals surface area (Å²) in [5, 5.41) is 7.12. The smallest absolute Gasteiger partial charge is 0.233 e. The van der Waals surface area contributed by atoms with Crippen LogP contribution in [0.15, 0.2) is 41.4 Å². The first-order valence-corrected chi connectivity index (χ1v) is 10.3. The van der Waals surface area contributed by atoms with Crippen LogP contribution in [0.3, 0.4) is 0 Å². The number of halogens is 2. The summed E-state index contributed by atoms with van der Waals surface area (Å²) in [6, 6.07) is 7.57. The van der Waals surface area contributed by atoms with Gasteiger partial charge < -0.3 is 10.6 Å². The van der Waals surface area contributed by atoms with E-state index in [4.69, 9.17) is 11.6 Å². The van der Waals surface area contributed by atoms with E-state index in [1.165, 1.54) is 4.90 Å². The molecule has 4 atom stereocenters. The van der Waals surface area contributed by atoms with Crippen LogP contribution in [0.2, 0.25) is 5.02 Å². The molecule has 0 spiro atoms. The van der Waals surface area contributed by atoms with E-state index in [9.17, 15) is 9.59 Å². The summed E-state index contributed by atoms with van der Waals surface area (Å²) in [5.74, 6) is 0.904. The zero-order chi connectivity index (χ0) is 19.7. The van der Waals surface area contributed by atoms with Gasteiger partial charge in [-0.2, -0.15) is 0 Å². The average Bonchev–Trinajstić information content (AvgIpc) is 3.37. The topological polar surface area (TPSA) is 73.8 Å². The lowest BCUT2D eigenvalue weighted by Crippen LogP contribution is -2.43. The molecule has 1 aromatic rings. The molecule has 1 saturated carbocycles. The first-order chi connectivity index (χ1) is 13.6. The van der Waals surface area contributed by atoms with Gasteiger partial charge in [0.1, 0.15) is 0 Å². The number of hydrogen-bond acceptors (Lipinski definition) is 3. The number of amides is 2. The van der Waals surface area contributed by atoms with Gasteiger partial charge in [-0.25, -0.2) is 4.99 Å². The molecule has 156 valence electrons. The molecule has 29 heavy (non-hydrogen) atoms. The molecule has 1 saturated heterocycles. The molecular weight excluding hydrogens is 503 g/mol. The lowest BCUT2D eigenvalue weighted by molar-refractivity contribution is -0.140. The Kier molecular flexibility index (Phi) is 7.21. The van der Waals surface area contributed by atoms with E-state index in [0.717, 1.165) is 18.5 Å². The van der Waals surface area contributed by atoms with Crippen molar-refractivity contribution in [2.45, 2.75) is 19.9 Å². The largest absolute Gasteiger partial charge is 0.357 e. The normalized spacial score (nSPS) is 27.2. The second-order valence-corrected chi connectivity index (χ2v) is 8.01. The van der Waals surface area contributed by atoms with Crippen LogP contribution in [0.5, 0.6) is 0 Å². The number of nitrogens with one attached hydrogen (secondary N) is 2. The third-order valence-electron chi connectivity index (χ3n) is 5.87. The van der Waals surface area contributed by atoms with E-state index in [1.807, 2.05) is 31.2 Å². The van der Waals surface area contributed by atoms with Crippen molar-refractivity contribution in [2.24, 2.45) is 28.7 Å². The fourth-order valence-corrected chi connectivity index (χ4v) is 4.70. The summed E-state index contributed by atoms with van der Waals surface area (Å²) in [4.78, 5) is 31.4. The second-order valence-electron chi connectivity index (χ2n) is 7.58. The van der Waals surface area contributed by atoms with Gasteiger partial charge in [0, 0.05) is 24.7 Å². The third-order valence-corrected chi connectivity index (χ3v) is 6.12. The molecule has 6 nitrogen and oxygen atoms in total. The minimum Gasteiger partial charge on any atom is -0.357 e. The molecule has 0 aromatic heterocycles. The Morgan fingerprint density at radius 1 is 1.10 bits per heavy atom. The minimum absolute atomic E-state index is 0. The minimum atomic E-state index is -0.130. The van der Waals surface area contributed by atoms with E-state index in [2.05, 4.69) is 27.8 Å². The van der Waals surface area contributed by atoms with Crippen molar-refractivity contribution in [1.29, 1.82) is 0 Å². The standard InChI is InChI=1S/C21H25ClN4O2.HI/c1-2-23-21(25-12-13-3-7-16(22)8-4-13)24-9-10-26-19(27)17-14-5-6-15(11-14)18(17)20(26)28;/h3-8,14-15,17-18H,2,9-12H2,1H3,(H2,23,24,25);1H. The monoisotopic (exact) mass is 528 g/mol. The van der Waals surface area contributed by atoms with Gasteiger partial charge in [-0.05, 0) is 42.9 Å². The van der Waals surface area contributed by atoms with E-state index in [0.29, 0.717) is 30.6 Å². The maximum atomic E-state index is 12.7. The summed E-state index contributed by atoms with van der Waals surface area (Å²) >= 11 is 5.91. The van der Waals surface area contributed by atoms with E-state index >= 15 is 0 Å². The molecule has 1 aliphatic heterocycles. The summed E-state index contributed by atoms with van der Waals surface area (Å²) < 4.78 is 0. The number of rotatable bonds is 6. The van der Waals surface area contributed by atoms with E-state index in [1.54, 1.807) is 0 Å². The molecule has 2 N–H and O–H groups in total. The highest BCUT2D eigenvalue weighted by Gasteiger charge is 2.58. The van der Waals surface area contributed by atoms with Crippen LogP contribution in [-0.2, 0) is 16.1 Å². The summed E-state index contributed by atoms with van der Waals surface area (Å²) in [6.45, 7) is 4.10. The third kappa shape index (κ3) is 4.45. The number of benzene rings is 1. The Morgan fingerprint density at radius 3 is 2.31 bits per heavy atom. The van der Waals surface area contributed by atoms with Gasteiger partial charge in [-0.15, -0.1) is 24.0 Å². The number of allylic oxidation sites excluding steroid dienone is 2. The highest BCUT2D eigenvalue weighted by atomic mass is 127. The Balaban J connectivity index is 0.00000240. The summed E-state index contributed by atoms with van der Waals surface area (Å²) in [5.41, 5.74) is 1.06. The van der Waals surface area contributed by atoms with Gasteiger partial charge in [0.25, 0.3) is 0 Å². The molecule has 1 aromatic carbocycles. The SMILES string of the molecule is CCNC(=NCc1ccc(Cl)cc1)NCCN1C(=O)C2C3C=CC(C3)C2C1=O.I. The van der Waals surface area contributed by atoms with Crippen molar-refractivity contribution in [3.63, 3.8) is 0 Å². The predicted octanol–water partition coefficient (Wildman–Crippen LogP) is 2.82. The summed E-state index contributed by atoms with van der Waals surface area (Å²) in [7, 11) is 0. The Morgan fingerprint density at radius 2 is 1.72 bits per heavy atom. The highest BCUT2D eigenvalue weighted by Crippen LogP contribution is 2.52. The molecule has 3 aliphatic rings. The number of fused-ring (bicyclic) bond motifs is 5. The van der Waals surface area contributed by atoms with Crippen LogP contribution in [0.1, 0.15) is 18.9 Å². The van der Waals surface area contributed by atoms with Gasteiger partial charge in [-0.1, -0.05) is 35.9 Å². The predicted molar refractivity (Wildman–Crippen MR) is 124 cm³/mol. The van der Waals surface area contributed by atoms with Gasteiger partial charge in [0.15, 0.2) is 5.96 Å². The maximum Gasteiger partial charge on any atom is 0.233 e. The molecule has 2 aliphatic carbocycles. The number of nitrogens with zero attached hydrogens (tertiary/aromatic N) is 2. The zero-order valence-electron chi connectivity index (χ0n) is 16.3. The average molecular weight is 529 g/mol. The Labute approximate surface area is 193 Å². The highest BCUT2D eigenvalue weighted by molar-refractivity contribution is 14.0. The first kappa shape index (κ1) is 22.1. The number of carbonyl (C=O) groups is 2. The number of guanidine groups is 1. The fraction of sp³-hybridized carbons (Fsp3) is 0.476. The first-order valence-electron chi connectivity index (χ1n) is 9.88. The van der Waals surface area contributed by atoms with Gasteiger partial charge in [0.2, 0.25) is 11.8 Å². The second kappa shape index (κ2) is 9.47. The lowest BCUT2D eigenvalue weighted by atomic mass is 9.85. The molecule has 0 radical (unpaired) electrons. The number of hydrogen-bond donors (Lipinski definition) is 2. The molecule has 2 amide bonds. The van der Waals surface area contributed by atoms with Crippen LogP contribution in [0, 0.1) is 23.7 Å². The number of carbonyl (C=O) groups excluding carboxylic acids is 2. The van der Waals surface area contributed by atoms with Crippen LogP contribution in [-0.4, -0.2) is 42.3 Å². The van der Waals surface area contributed by atoms with Crippen molar-refractivity contribution in [2.75, 3.05) is 19.6 Å². The lowest BCUT2D eigenvalue weighted by Gasteiger charge is -2.18. The number of imide groups is 1. The Bertz CT molecular complexity index is 796. The molecule has 1 heterocycles. The van der Waals surface area contributed by atoms with Gasteiger partial charge in [0.05, 0.1) is 18.4 Å². The number of likely N-dealkylation sites (tertiary alicyclic amines) is 1. The van der Waals surface area contributed by atoms with Crippen LogP contribution >= 0.6 is 35.6 Å². The molecule has 2 bridgehead atoms. The van der Waals surface area contributed by atoms with Gasteiger partial charge in [-0.3, -0.25) is 14.5 Å². The van der Waals surface area contributed by atoms with Crippen molar-refractivity contribution in [3.05, 3.63) is 47.0 Å². The molecule has 4 unspecified atom stereocenters. The fourth-order valence-electron chi connectivity index (χ4n) is 4.57. The number of aliphatic imine (C=N–C) groups is 1. The molecule has 4 rings (SSSR count). The zero-order valence-corrected chi connectivity index (χ0v) is 19.4. The Hall–Kier alpha value is -1.61. The quantitative estimate of drug-likeness (QED) is 0.196. The van der Waals surface area contributed by atoms with Crippen molar-refractivity contribution < 1.29 is 9.59 Å². The summed E-state index contributed by atoms with van der Waals surface area (Å²) in [6.07, 6.45) is 5.19. The van der Waals surface area contributed by atoms with Crippen LogP contribution in [0.4, 0.5) is 0 Å².